The van der Waals surface area contributed by atoms with Crippen LogP contribution in [0.15, 0.2) is 16.9 Å². The third kappa shape index (κ3) is 3.20. The Hall–Kier alpha value is -0.810. The van der Waals surface area contributed by atoms with E-state index >= 15 is 0 Å². The van der Waals surface area contributed by atoms with Gasteiger partial charge in [0.25, 0.3) is 5.91 Å². The molecule has 1 amide bonds. The second-order valence-corrected chi connectivity index (χ2v) is 3.78. The molecule has 0 aliphatic heterocycles. The molecule has 1 unspecified atom stereocenters. The minimum atomic E-state index is -0.112. The molecule has 4 N–H and O–H groups in total. The van der Waals surface area contributed by atoms with E-state index in [-0.39, 0.29) is 11.9 Å². The highest BCUT2D eigenvalue weighted by molar-refractivity contribution is 9.10. The molecule has 0 aliphatic carbocycles. The Bertz CT molecular complexity index is 295. The van der Waals surface area contributed by atoms with Gasteiger partial charge in [-0.15, -0.1) is 0 Å². The van der Waals surface area contributed by atoms with Crippen molar-refractivity contribution in [3.05, 3.63) is 22.4 Å². The molecule has 1 aromatic rings. The predicted molar refractivity (Wildman–Crippen MR) is 54.5 cm³/mol. The minimum absolute atomic E-state index is 0.0219. The molecular formula is C8H12BrN3O. The number of aromatic amines is 1. The van der Waals surface area contributed by atoms with E-state index in [9.17, 15) is 4.79 Å². The van der Waals surface area contributed by atoms with Crippen LogP contribution in [-0.2, 0) is 0 Å². The fraction of sp³-hybridized carbons (Fsp3) is 0.375. The lowest BCUT2D eigenvalue weighted by Gasteiger charge is -2.05. The van der Waals surface area contributed by atoms with E-state index in [2.05, 4.69) is 26.2 Å². The van der Waals surface area contributed by atoms with Crippen molar-refractivity contribution in [1.29, 1.82) is 0 Å². The van der Waals surface area contributed by atoms with Crippen LogP contribution in [0.3, 0.4) is 0 Å². The van der Waals surface area contributed by atoms with Gasteiger partial charge in [0.15, 0.2) is 0 Å². The Labute approximate surface area is 85.0 Å². The highest BCUT2D eigenvalue weighted by Crippen LogP contribution is 2.09. The maximum Gasteiger partial charge on any atom is 0.252 e. The zero-order valence-corrected chi connectivity index (χ0v) is 8.89. The average Bonchev–Trinajstić information content (AvgIpc) is 2.47. The maximum atomic E-state index is 11.4. The van der Waals surface area contributed by atoms with Crippen molar-refractivity contribution in [2.24, 2.45) is 5.73 Å². The Balaban J connectivity index is 2.49. The number of amides is 1. The van der Waals surface area contributed by atoms with Crippen LogP contribution in [0.25, 0.3) is 0 Å². The first kappa shape index (κ1) is 10.3. The van der Waals surface area contributed by atoms with Gasteiger partial charge < -0.3 is 16.0 Å². The van der Waals surface area contributed by atoms with E-state index in [1.54, 1.807) is 12.3 Å². The number of aromatic nitrogens is 1. The molecule has 0 saturated heterocycles. The van der Waals surface area contributed by atoms with Crippen LogP contribution in [0.5, 0.6) is 0 Å². The predicted octanol–water partition coefficient (Wildman–Crippen LogP) is 0.854. The van der Waals surface area contributed by atoms with Crippen LogP contribution in [0.4, 0.5) is 0 Å². The Kier molecular flexibility index (Phi) is 3.50. The number of hydrogen-bond acceptors (Lipinski definition) is 2. The lowest BCUT2D eigenvalue weighted by atomic mass is 10.3. The Morgan fingerprint density at radius 1 is 1.85 bits per heavy atom. The van der Waals surface area contributed by atoms with Crippen LogP contribution < -0.4 is 11.1 Å². The van der Waals surface area contributed by atoms with Gasteiger partial charge in [-0.1, -0.05) is 0 Å². The van der Waals surface area contributed by atoms with Gasteiger partial charge in [0, 0.05) is 18.8 Å². The summed E-state index contributed by atoms with van der Waals surface area (Å²) in [6, 6.07) is 1.70. The molecule has 1 aromatic heterocycles. The van der Waals surface area contributed by atoms with Gasteiger partial charge in [-0.3, -0.25) is 4.79 Å². The summed E-state index contributed by atoms with van der Waals surface area (Å²) in [5.41, 5.74) is 6.10. The molecule has 5 heteroatoms. The molecule has 0 saturated carbocycles. The van der Waals surface area contributed by atoms with Gasteiger partial charge in [-0.05, 0) is 28.9 Å². The number of nitrogens with two attached hydrogens (primary N) is 1. The number of hydrogen-bond donors (Lipinski definition) is 3. The average molecular weight is 246 g/mol. The summed E-state index contributed by atoms with van der Waals surface area (Å²) in [5, 5.41) is 2.71. The summed E-state index contributed by atoms with van der Waals surface area (Å²) >= 11 is 3.22. The molecule has 1 rings (SSSR count). The van der Waals surface area contributed by atoms with Gasteiger partial charge in [0.1, 0.15) is 0 Å². The van der Waals surface area contributed by atoms with E-state index < -0.39 is 0 Å². The highest BCUT2D eigenvalue weighted by atomic mass is 79.9. The number of rotatable bonds is 3. The van der Waals surface area contributed by atoms with Crippen molar-refractivity contribution in [2.45, 2.75) is 13.0 Å². The molecule has 0 aliphatic rings. The quantitative estimate of drug-likeness (QED) is 0.740. The second kappa shape index (κ2) is 4.43. The summed E-state index contributed by atoms with van der Waals surface area (Å²) < 4.78 is 0.790. The van der Waals surface area contributed by atoms with E-state index in [1.165, 1.54) is 0 Å². The number of halogens is 1. The molecule has 0 aromatic carbocycles. The lowest BCUT2D eigenvalue weighted by Crippen LogP contribution is -2.34. The summed E-state index contributed by atoms with van der Waals surface area (Å²) in [5.74, 6) is -0.112. The third-order valence-electron chi connectivity index (χ3n) is 1.49. The fourth-order valence-corrected chi connectivity index (χ4v) is 1.21. The molecular weight excluding hydrogens is 234 g/mol. The van der Waals surface area contributed by atoms with E-state index in [1.807, 2.05) is 6.92 Å². The summed E-state index contributed by atoms with van der Waals surface area (Å²) in [7, 11) is 0. The first-order valence-corrected chi connectivity index (χ1v) is 4.76. The van der Waals surface area contributed by atoms with Crippen molar-refractivity contribution in [1.82, 2.24) is 10.3 Å². The Morgan fingerprint density at radius 2 is 2.54 bits per heavy atom. The van der Waals surface area contributed by atoms with Gasteiger partial charge in [-0.25, -0.2) is 0 Å². The summed E-state index contributed by atoms with van der Waals surface area (Å²) in [4.78, 5) is 14.2. The van der Waals surface area contributed by atoms with Crippen LogP contribution >= 0.6 is 15.9 Å². The first-order chi connectivity index (χ1) is 6.09. The molecule has 72 valence electrons. The molecule has 0 spiro atoms. The maximum absolute atomic E-state index is 11.4. The summed E-state index contributed by atoms with van der Waals surface area (Å²) in [6.07, 6.45) is 1.64. The smallest absolute Gasteiger partial charge is 0.252 e. The molecule has 4 nitrogen and oxygen atoms in total. The van der Waals surface area contributed by atoms with Gasteiger partial charge >= 0.3 is 0 Å². The topological polar surface area (TPSA) is 70.9 Å². The van der Waals surface area contributed by atoms with Crippen molar-refractivity contribution >= 4 is 21.8 Å². The van der Waals surface area contributed by atoms with Crippen molar-refractivity contribution in [3.8, 4) is 0 Å². The number of H-pyrrole nitrogens is 1. The van der Waals surface area contributed by atoms with Gasteiger partial charge in [0.2, 0.25) is 0 Å². The fourth-order valence-electron chi connectivity index (χ4n) is 0.853. The largest absolute Gasteiger partial charge is 0.355 e. The standard InChI is InChI=1S/C8H12BrN3O/c1-5(10)3-12-8(13)6-2-7(9)11-4-6/h2,4-5,11H,3,10H2,1H3,(H,12,13). The number of carbonyl (C=O) groups is 1. The van der Waals surface area contributed by atoms with Crippen molar-refractivity contribution < 1.29 is 4.79 Å². The Morgan fingerprint density at radius 3 is 3.00 bits per heavy atom. The molecule has 0 radical (unpaired) electrons. The molecule has 1 atom stereocenters. The zero-order chi connectivity index (χ0) is 9.84. The van der Waals surface area contributed by atoms with Crippen LogP contribution in [0.1, 0.15) is 17.3 Å². The highest BCUT2D eigenvalue weighted by Gasteiger charge is 2.06. The third-order valence-corrected chi connectivity index (χ3v) is 1.95. The summed E-state index contributed by atoms with van der Waals surface area (Å²) in [6.45, 7) is 2.33. The lowest BCUT2D eigenvalue weighted by molar-refractivity contribution is 0.0952. The zero-order valence-electron chi connectivity index (χ0n) is 7.30. The molecule has 13 heavy (non-hydrogen) atoms. The second-order valence-electron chi connectivity index (χ2n) is 2.92. The van der Waals surface area contributed by atoms with E-state index in [4.69, 9.17) is 5.73 Å². The van der Waals surface area contributed by atoms with Crippen molar-refractivity contribution in [3.63, 3.8) is 0 Å². The molecule has 0 bridgehead atoms. The monoisotopic (exact) mass is 245 g/mol. The van der Waals surface area contributed by atoms with Gasteiger partial charge in [0.05, 0.1) is 10.2 Å². The van der Waals surface area contributed by atoms with Crippen LogP contribution in [-0.4, -0.2) is 23.5 Å². The van der Waals surface area contributed by atoms with Crippen LogP contribution in [0.2, 0.25) is 0 Å². The normalized spacial score (nSPS) is 12.5. The van der Waals surface area contributed by atoms with E-state index in [0.29, 0.717) is 12.1 Å². The van der Waals surface area contributed by atoms with E-state index in [0.717, 1.165) is 4.60 Å². The molecule has 1 heterocycles. The first-order valence-electron chi connectivity index (χ1n) is 3.97. The molecule has 0 fully saturated rings. The SMILES string of the molecule is CC(N)CNC(=O)c1c[nH]c(Br)c1. The minimum Gasteiger partial charge on any atom is -0.355 e. The number of carbonyl (C=O) groups excluding carboxylic acids is 1. The van der Waals surface area contributed by atoms with Crippen molar-refractivity contribution in [2.75, 3.05) is 6.54 Å². The van der Waals surface area contributed by atoms with Gasteiger partial charge in [-0.2, -0.15) is 0 Å². The van der Waals surface area contributed by atoms with Crippen LogP contribution in [0, 0.1) is 0 Å². The number of nitrogens with one attached hydrogen (secondary N) is 2.